The van der Waals surface area contributed by atoms with Crippen molar-refractivity contribution in [2.45, 2.75) is 24.3 Å². The lowest BCUT2D eigenvalue weighted by atomic mass is 10.1. The number of hydrogen-bond acceptors (Lipinski definition) is 5. The number of nitrogens with zero attached hydrogens (tertiary/aromatic N) is 2. The number of likely N-dealkylation sites (N-methyl/N-ethyl adjacent to an activating group) is 1. The molecular formula is C27H31N3O4S. The van der Waals surface area contributed by atoms with E-state index in [9.17, 15) is 13.2 Å². The first-order valence-electron chi connectivity index (χ1n) is 11.8. The van der Waals surface area contributed by atoms with Crippen LogP contribution in [0.1, 0.15) is 13.3 Å². The van der Waals surface area contributed by atoms with Gasteiger partial charge in [0.05, 0.1) is 4.90 Å². The quantitative estimate of drug-likeness (QED) is 0.512. The summed E-state index contributed by atoms with van der Waals surface area (Å²) in [6.45, 7) is 4.24. The lowest BCUT2D eigenvalue weighted by molar-refractivity contribution is -0.122. The van der Waals surface area contributed by atoms with Crippen LogP contribution in [0.4, 0.5) is 5.69 Å². The molecule has 1 amide bonds. The van der Waals surface area contributed by atoms with Crippen molar-refractivity contribution in [2.75, 3.05) is 38.5 Å². The van der Waals surface area contributed by atoms with Crippen LogP contribution in [0.5, 0.6) is 5.75 Å². The van der Waals surface area contributed by atoms with Gasteiger partial charge in [-0.2, -0.15) is 4.31 Å². The predicted octanol–water partition coefficient (Wildman–Crippen LogP) is 4.09. The molecule has 1 aliphatic heterocycles. The third kappa shape index (κ3) is 6.08. The van der Waals surface area contributed by atoms with Crippen LogP contribution in [0, 0.1) is 0 Å². The van der Waals surface area contributed by atoms with Gasteiger partial charge in [-0.15, -0.1) is 0 Å². The fourth-order valence-electron chi connectivity index (χ4n) is 3.95. The van der Waals surface area contributed by atoms with Crippen LogP contribution in [-0.4, -0.2) is 62.9 Å². The highest BCUT2D eigenvalue weighted by Gasteiger charge is 2.27. The number of rotatable bonds is 8. The SMILES string of the molecule is CCC(Oc1ccc(-c2ccccc2)cc1)C(=O)Nc1ccc(S(=O)(=O)N2CCN(C)CC2)cc1. The predicted molar refractivity (Wildman–Crippen MR) is 138 cm³/mol. The van der Waals surface area contributed by atoms with Crippen molar-refractivity contribution >= 4 is 21.6 Å². The molecule has 1 atom stereocenters. The van der Waals surface area contributed by atoms with Crippen LogP contribution in [0.25, 0.3) is 11.1 Å². The van der Waals surface area contributed by atoms with Crippen LogP contribution in [0.2, 0.25) is 0 Å². The fraction of sp³-hybridized carbons (Fsp3) is 0.296. The number of piperazine rings is 1. The molecule has 0 bridgehead atoms. The molecule has 184 valence electrons. The third-order valence-electron chi connectivity index (χ3n) is 6.12. The summed E-state index contributed by atoms with van der Waals surface area (Å²) in [5.74, 6) is 0.328. The molecule has 0 aliphatic carbocycles. The van der Waals surface area contributed by atoms with Gasteiger partial charge in [0.2, 0.25) is 10.0 Å². The molecule has 0 aromatic heterocycles. The largest absolute Gasteiger partial charge is 0.481 e. The number of ether oxygens (including phenoxy) is 1. The Kier molecular flexibility index (Phi) is 7.85. The second-order valence-electron chi connectivity index (χ2n) is 8.63. The van der Waals surface area contributed by atoms with Crippen molar-refractivity contribution in [1.82, 2.24) is 9.21 Å². The maximum Gasteiger partial charge on any atom is 0.265 e. The summed E-state index contributed by atoms with van der Waals surface area (Å²) in [6.07, 6.45) is -0.186. The molecule has 35 heavy (non-hydrogen) atoms. The second-order valence-corrected chi connectivity index (χ2v) is 10.6. The van der Waals surface area contributed by atoms with E-state index in [1.807, 2.05) is 68.6 Å². The van der Waals surface area contributed by atoms with Crippen molar-refractivity contribution in [3.8, 4) is 16.9 Å². The second kappa shape index (κ2) is 11.0. The highest BCUT2D eigenvalue weighted by atomic mass is 32.2. The first-order valence-corrected chi connectivity index (χ1v) is 13.2. The number of benzene rings is 3. The summed E-state index contributed by atoms with van der Waals surface area (Å²) < 4.78 is 33.2. The number of nitrogens with one attached hydrogen (secondary N) is 1. The summed E-state index contributed by atoms with van der Waals surface area (Å²) in [6, 6.07) is 24.0. The van der Waals surface area contributed by atoms with Crippen LogP contribution in [0.15, 0.2) is 83.8 Å². The van der Waals surface area contributed by atoms with E-state index in [4.69, 9.17) is 4.74 Å². The molecule has 7 nitrogen and oxygen atoms in total. The number of sulfonamides is 1. The van der Waals surface area contributed by atoms with E-state index in [-0.39, 0.29) is 10.8 Å². The average molecular weight is 494 g/mol. The normalized spacial score (nSPS) is 15.9. The van der Waals surface area contributed by atoms with E-state index in [0.717, 1.165) is 11.1 Å². The molecule has 4 rings (SSSR count). The molecule has 0 radical (unpaired) electrons. The minimum Gasteiger partial charge on any atom is -0.481 e. The van der Waals surface area contributed by atoms with Crippen molar-refractivity contribution in [1.29, 1.82) is 0 Å². The maximum absolute atomic E-state index is 12.9. The van der Waals surface area contributed by atoms with Crippen LogP contribution >= 0.6 is 0 Å². The monoisotopic (exact) mass is 493 g/mol. The summed E-state index contributed by atoms with van der Waals surface area (Å²) in [7, 11) is -1.57. The minimum absolute atomic E-state index is 0.224. The van der Waals surface area contributed by atoms with Gasteiger partial charge < -0.3 is 15.0 Å². The third-order valence-corrected chi connectivity index (χ3v) is 8.04. The zero-order valence-corrected chi connectivity index (χ0v) is 20.9. The first-order chi connectivity index (χ1) is 16.9. The molecule has 1 unspecified atom stereocenters. The van der Waals surface area contributed by atoms with Gasteiger partial charge >= 0.3 is 0 Å². The van der Waals surface area contributed by atoms with E-state index < -0.39 is 16.1 Å². The van der Waals surface area contributed by atoms with Gasteiger partial charge in [0.25, 0.3) is 5.91 Å². The molecule has 3 aromatic carbocycles. The Bertz CT molecular complexity index is 1220. The molecular weight excluding hydrogens is 462 g/mol. The molecule has 1 saturated heterocycles. The number of carbonyl (C=O) groups is 1. The highest BCUT2D eigenvalue weighted by molar-refractivity contribution is 7.89. The Labute approximate surface area is 207 Å². The van der Waals surface area contributed by atoms with Crippen molar-refractivity contribution < 1.29 is 17.9 Å². The Morgan fingerprint density at radius 3 is 2.09 bits per heavy atom. The van der Waals surface area contributed by atoms with E-state index in [2.05, 4.69) is 10.2 Å². The molecule has 1 aliphatic rings. The van der Waals surface area contributed by atoms with Gasteiger partial charge in [0.15, 0.2) is 6.10 Å². The van der Waals surface area contributed by atoms with Gasteiger partial charge in [-0.3, -0.25) is 4.79 Å². The van der Waals surface area contributed by atoms with E-state index in [1.165, 1.54) is 16.4 Å². The Morgan fingerprint density at radius 2 is 1.49 bits per heavy atom. The highest BCUT2D eigenvalue weighted by Crippen LogP contribution is 2.24. The van der Waals surface area contributed by atoms with E-state index in [1.54, 1.807) is 12.1 Å². The molecule has 3 aromatic rings. The lowest BCUT2D eigenvalue weighted by Crippen LogP contribution is -2.46. The number of amides is 1. The smallest absolute Gasteiger partial charge is 0.265 e. The first kappa shape index (κ1) is 24.9. The molecule has 1 fully saturated rings. The zero-order chi connectivity index (χ0) is 24.8. The zero-order valence-electron chi connectivity index (χ0n) is 20.1. The Morgan fingerprint density at radius 1 is 0.886 bits per heavy atom. The molecule has 0 saturated carbocycles. The average Bonchev–Trinajstić information content (AvgIpc) is 2.88. The van der Waals surface area contributed by atoms with Crippen LogP contribution in [0.3, 0.4) is 0 Å². The molecule has 1 N–H and O–H groups in total. The van der Waals surface area contributed by atoms with Gasteiger partial charge in [0, 0.05) is 31.9 Å². The van der Waals surface area contributed by atoms with Crippen molar-refractivity contribution in [2.24, 2.45) is 0 Å². The summed E-state index contributed by atoms with van der Waals surface area (Å²) in [4.78, 5) is 15.2. The van der Waals surface area contributed by atoms with Gasteiger partial charge in [0.1, 0.15) is 5.75 Å². The topological polar surface area (TPSA) is 78.9 Å². The summed E-state index contributed by atoms with van der Waals surface area (Å²) >= 11 is 0. The van der Waals surface area contributed by atoms with E-state index in [0.29, 0.717) is 44.0 Å². The molecule has 8 heteroatoms. The van der Waals surface area contributed by atoms with Gasteiger partial charge in [-0.25, -0.2) is 8.42 Å². The van der Waals surface area contributed by atoms with E-state index >= 15 is 0 Å². The minimum atomic E-state index is -3.55. The fourth-order valence-corrected chi connectivity index (χ4v) is 5.38. The molecule has 1 heterocycles. The number of anilines is 1. The van der Waals surface area contributed by atoms with Crippen LogP contribution in [-0.2, 0) is 14.8 Å². The van der Waals surface area contributed by atoms with Crippen molar-refractivity contribution in [3.05, 3.63) is 78.9 Å². The maximum atomic E-state index is 12.9. The number of carbonyl (C=O) groups excluding carboxylic acids is 1. The summed E-state index contributed by atoms with van der Waals surface area (Å²) in [5.41, 5.74) is 2.71. The van der Waals surface area contributed by atoms with Gasteiger partial charge in [-0.1, -0.05) is 49.4 Å². The van der Waals surface area contributed by atoms with Crippen LogP contribution < -0.4 is 10.1 Å². The Hall–Kier alpha value is -3.20. The lowest BCUT2D eigenvalue weighted by Gasteiger charge is -2.31. The number of hydrogen-bond donors (Lipinski definition) is 1. The summed E-state index contributed by atoms with van der Waals surface area (Å²) in [5, 5.41) is 2.84. The Balaban J connectivity index is 1.37. The molecule has 0 spiro atoms. The standard InChI is InChI=1S/C27H31N3O4S/c1-3-26(34-24-13-9-22(10-14-24)21-7-5-4-6-8-21)27(31)28-23-11-15-25(16-12-23)35(32,33)30-19-17-29(2)18-20-30/h4-16,26H,3,17-20H2,1-2H3,(H,28,31). The van der Waals surface area contributed by atoms with Crippen molar-refractivity contribution in [3.63, 3.8) is 0 Å². The van der Waals surface area contributed by atoms with Gasteiger partial charge in [-0.05, 0) is 61.0 Å².